The molecule has 3 fully saturated rings. The Morgan fingerprint density at radius 1 is 1.24 bits per heavy atom. The third kappa shape index (κ3) is 3.42. The number of rotatable bonds is 5. The second-order valence-electron chi connectivity index (χ2n) is 7.07. The van der Waals surface area contributed by atoms with Crippen LogP contribution in [0.3, 0.4) is 0 Å². The third-order valence-corrected chi connectivity index (χ3v) is 5.42. The van der Waals surface area contributed by atoms with Crippen molar-refractivity contribution in [1.29, 1.82) is 0 Å². The minimum Gasteiger partial charge on any atom is -0.381 e. The van der Waals surface area contributed by atoms with Crippen molar-refractivity contribution in [3.8, 4) is 0 Å². The van der Waals surface area contributed by atoms with Gasteiger partial charge in [0, 0.05) is 19.1 Å². The summed E-state index contributed by atoms with van der Waals surface area (Å²) in [5.74, 6) is 1.55. The van der Waals surface area contributed by atoms with Gasteiger partial charge in [0.05, 0.1) is 18.8 Å². The van der Waals surface area contributed by atoms with E-state index in [4.69, 9.17) is 4.74 Å². The summed E-state index contributed by atoms with van der Waals surface area (Å²) in [5, 5.41) is 3.66. The molecule has 2 heterocycles. The van der Waals surface area contributed by atoms with Crippen LogP contribution in [0.4, 0.5) is 0 Å². The van der Waals surface area contributed by atoms with Gasteiger partial charge in [0.25, 0.3) is 0 Å². The Hall–Kier alpha value is -0.610. The van der Waals surface area contributed by atoms with Crippen molar-refractivity contribution in [2.24, 2.45) is 11.8 Å². The molecule has 1 amide bonds. The number of ether oxygens (including phenoxy) is 1. The van der Waals surface area contributed by atoms with E-state index in [0.29, 0.717) is 23.9 Å². The van der Waals surface area contributed by atoms with Crippen LogP contribution in [0, 0.1) is 11.8 Å². The van der Waals surface area contributed by atoms with Crippen molar-refractivity contribution in [3.63, 3.8) is 0 Å². The Labute approximate surface area is 128 Å². The van der Waals surface area contributed by atoms with E-state index in [1.165, 1.54) is 32.1 Å². The second-order valence-corrected chi connectivity index (χ2v) is 7.07. The number of nitrogens with one attached hydrogen (secondary N) is 1. The highest BCUT2D eigenvalue weighted by Crippen LogP contribution is 2.33. The summed E-state index contributed by atoms with van der Waals surface area (Å²) >= 11 is 0. The molecule has 0 spiro atoms. The van der Waals surface area contributed by atoms with E-state index in [1.54, 1.807) is 0 Å². The molecular formula is C17H30N2O2. The Balaban J connectivity index is 1.67. The average Bonchev–Trinajstić information content (AvgIpc) is 3.12. The maximum absolute atomic E-state index is 12.8. The number of hydrogen-bond acceptors (Lipinski definition) is 3. The Morgan fingerprint density at radius 2 is 2.05 bits per heavy atom. The Kier molecular flexibility index (Phi) is 5.17. The van der Waals surface area contributed by atoms with Crippen molar-refractivity contribution in [1.82, 2.24) is 10.2 Å². The van der Waals surface area contributed by atoms with Gasteiger partial charge in [-0.2, -0.15) is 0 Å². The normalized spacial score (nSPS) is 34.8. The van der Waals surface area contributed by atoms with Crippen LogP contribution in [-0.2, 0) is 9.53 Å². The van der Waals surface area contributed by atoms with Gasteiger partial charge < -0.3 is 9.64 Å². The first-order chi connectivity index (χ1) is 10.3. The lowest BCUT2D eigenvalue weighted by Crippen LogP contribution is -2.45. The topological polar surface area (TPSA) is 41.6 Å². The molecule has 3 atom stereocenters. The third-order valence-electron chi connectivity index (χ3n) is 5.42. The number of nitrogens with zero attached hydrogens (tertiary/aromatic N) is 1. The molecule has 21 heavy (non-hydrogen) atoms. The minimum absolute atomic E-state index is 0.0603. The lowest BCUT2D eigenvalue weighted by Gasteiger charge is -2.33. The van der Waals surface area contributed by atoms with Crippen LogP contribution >= 0.6 is 0 Å². The zero-order valence-electron chi connectivity index (χ0n) is 13.4. The summed E-state index contributed by atoms with van der Waals surface area (Å²) in [4.78, 5) is 14.9. The van der Waals surface area contributed by atoms with Crippen molar-refractivity contribution in [2.75, 3.05) is 19.8 Å². The highest BCUT2D eigenvalue weighted by Gasteiger charge is 2.43. The smallest absolute Gasteiger partial charge is 0.241 e. The lowest BCUT2D eigenvalue weighted by molar-refractivity contribution is -0.132. The molecule has 0 aromatic heterocycles. The molecule has 1 N–H and O–H groups in total. The average molecular weight is 294 g/mol. The zero-order chi connectivity index (χ0) is 14.7. The molecule has 2 aliphatic heterocycles. The van der Waals surface area contributed by atoms with Gasteiger partial charge in [-0.25, -0.2) is 0 Å². The van der Waals surface area contributed by atoms with Crippen LogP contribution in [0.5, 0.6) is 0 Å². The molecule has 0 aromatic rings. The number of carbonyl (C=O) groups is 1. The molecule has 3 unspecified atom stereocenters. The lowest BCUT2D eigenvalue weighted by atomic mass is 9.99. The van der Waals surface area contributed by atoms with E-state index in [1.807, 2.05) is 0 Å². The van der Waals surface area contributed by atoms with Gasteiger partial charge in [-0.3, -0.25) is 10.1 Å². The fraction of sp³-hybridized carbons (Fsp3) is 0.941. The molecule has 0 radical (unpaired) electrons. The summed E-state index contributed by atoms with van der Waals surface area (Å²) in [6.45, 7) is 4.79. The van der Waals surface area contributed by atoms with Gasteiger partial charge in [0.1, 0.15) is 0 Å². The summed E-state index contributed by atoms with van der Waals surface area (Å²) in [6, 6.07) is 0.0603. The van der Waals surface area contributed by atoms with Crippen molar-refractivity contribution in [2.45, 2.75) is 70.5 Å². The fourth-order valence-electron chi connectivity index (χ4n) is 4.30. The Bertz CT molecular complexity index is 349. The van der Waals surface area contributed by atoms with Crippen molar-refractivity contribution in [3.05, 3.63) is 0 Å². The number of amides is 1. The van der Waals surface area contributed by atoms with Gasteiger partial charge in [-0.1, -0.05) is 26.2 Å². The highest BCUT2D eigenvalue weighted by atomic mass is 16.5. The fourth-order valence-corrected chi connectivity index (χ4v) is 4.30. The molecule has 4 nitrogen and oxygen atoms in total. The Morgan fingerprint density at radius 3 is 2.71 bits per heavy atom. The van der Waals surface area contributed by atoms with Crippen LogP contribution in [0.2, 0.25) is 0 Å². The summed E-state index contributed by atoms with van der Waals surface area (Å²) in [6.07, 6.45) is 9.90. The molecule has 120 valence electrons. The minimum atomic E-state index is 0.0603. The molecule has 1 aliphatic carbocycles. The largest absolute Gasteiger partial charge is 0.381 e. The van der Waals surface area contributed by atoms with Crippen LogP contribution in [-0.4, -0.2) is 42.8 Å². The predicted molar refractivity (Wildman–Crippen MR) is 82.8 cm³/mol. The molecule has 1 saturated carbocycles. The first-order valence-corrected chi connectivity index (χ1v) is 8.94. The number of hydrogen-bond donors (Lipinski definition) is 1. The first kappa shape index (κ1) is 15.3. The van der Waals surface area contributed by atoms with Gasteiger partial charge >= 0.3 is 0 Å². The molecular weight excluding hydrogens is 264 g/mol. The quantitative estimate of drug-likeness (QED) is 0.847. The summed E-state index contributed by atoms with van der Waals surface area (Å²) < 4.78 is 5.60. The standard InChI is InChI=1S/C17H30N2O2/c1-2-6-15-17(20)19(11-13-7-5-10-21-12-13)16(18-15)14-8-3-4-9-14/h13-16,18H,2-12H2,1H3. The van der Waals surface area contributed by atoms with E-state index in [0.717, 1.165) is 39.0 Å². The van der Waals surface area contributed by atoms with Crippen LogP contribution < -0.4 is 5.32 Å². The van der Waals surface area contributed by atoms with E-state index in [9.17, 15) is 4.79 Å². The van der Waals surface area contributed by atoms with Crippen molar-refractivity contribution >= 4 is 5.91 Å². The summed E-state index contributed by atoms with van der Waals surface area (Å²) in [7, 11) is 0. The monoisotopic (exact) mass is 294 g/mol. The van der Waals surface area contributed by atoms with E-state index in [-0.39, 0.29) is 6.04 Å². The van der Waals surface area contributed by atoms with E-state index in [2.05, 4.69) is 17.1 Å². The van der Waals surface area contributed by atoms with E-state index < -0.39 is 0 Å². The SMILES string of the molecule is CCCC1NC(C2CCCC2)N(CC2CCCOC2)C1=O. The maximum atomic E-state index is 12.8. The molecule has 0 bridgehead atoms. The highest BCUT2D eigenvalue weighted by molar-refractivity contribution is 5.84. The number of carbonyl (C=O) groups excluding carboxylic acids is 1. The van der Waals surface area contributed by atoms with Crippen LogP contribution in [0.1, 0.15) is 58.3 Å². The van der Waals surface area contributed by atoms with Gasteiger partial charge in [0.2, 0.25) is 5.91 Å². The maximum Gasteiger partial charge on any atom is 0.241 e. The van der Waals surface area contributed by atoms with Gasteiger partial charge in [0.15, 0.2) is 0 Å². The first-order valence-electron chi connectivity index (χ1n) is 8.94. The summed E-state index contributed by atoms with van der Waals surface area (Å²) in [5.41, 5.74) is 0. The molecule has 2 saturated heterocycles. The molecule has 3 aliphatic rings. The van der Waals surface area contributed by atoms with E-state index >= 15 is 0 Å². The molecule has 0 aromatic carbocycles. The van der Waals surface area contributed by atoms with Crippen LogP contribution in [0.25, 0.3) is 0 Å². The van der Waals surface area contributed by atoms with Crippen molar-refractivity contribution < 1.29 is 9.53 Å². The molecule has 4 heteroatoms. The zero-order valence-corrected chi connectivity index (χ0v) is 13.4. The van der Waals surface area contributed by atoms with Crippen LogP contribution in [0.15, 0.2) is 0 Å². The molecule has 3 rings (SSSR count). The second kappa shape index (κ2) is 7.10. The van der Waals surface area contributed by atoms with Gasteiger partial charge in [-0.15, -0.1) is 0 Å². The predicted octanol–water partition coefficient (Wildman–Crippen LogP) is 2.53. The van der Waals surface area contributed by atoms with Gasteiger partial charge in [-0.05, 0) is 38.0 Å².